The monoisotopic (exact) mass is 544 g/mol. The van der Waals surface area contributed by atoms with Crippen LogP contribution in [0.3, 0.4) is 0 Å². The smallest absolute Gasteiger partial charge is 0.251 e. The molecule has 0 atom stereocenters. The topological polar surface area (TPSA) is 59.8 Å². The van der Waals surface area contributed by atoms with E-state index in [1.165, 1.54) is 29.5 Å². The maximum absolute atomic E-state index is 13.4. The van der Waals surface area contributed by atoms with Crippen molar-refractivity contribution < 1.29 is 9.18 Å². The molecule has 1 N–H and O–H groups in total. The van der Waals surface area contributed by atoms with Crippen LogP contribution in [-0.2, 0) is 18.8 Å². The summed E-state index contributed by atoms with van der Waals surface area (Å²) in [4.78, 5) is 21.8. The minimum atomic E-state index is -0.357. The van der Waals surface area contributed by atoms with Gasteiger partial charge in [-0.05, 0) is 66.4 Å². The van der Waals surface area contributed by atoms with Gasteiger partial charge in [0.15, 0.2) is 5.16 Å². The Balaban J connectivity index is 1.31. The van der Waals surface area contributed by atoms with Gasteiger partial charge in [-0.25, -0.2) is 9.37 Å². The summed E-state index contributed by atoms with van der Waals surface area (Å²) in [5.74, 6) is 0.0849. The summed E-state index contributed by atoms with van der Waals surface area (Å²) in [6.45, 7) is 5.14. The Hall–Kier alpha value is -3.68. The van der Waals surface area contributed by atoms with Crippen molar-refractivity contribution >= 4 is 40.3 Å². The fourth-order valence-electron chi connectivity index (χ4n) is 4.20. The summed E-state index contributed by atoms with van der Waals surface area (Å²) in [6, 6.07) is 20.2. The summed E-state index contributed by atoms with van der Waals surface area (Å²) < 4.78 is 15.5. The number of fused-ring (bicyclic) bond motifs is 1. The Morgan fingerprint density at radius 1 is 1.03 bits per heavy atom. The zero-order chi connectivity index (χ0) is 26.6. The summed E-state index contributed by atoms with van der Waals surface area (Å²) in [6.07, 6.45) is 3.52. The molecule has 0 saturated carbocycles. The zero-order valence-electron chi connectivity index (χ0n) is 21.0. The maximum atomic E-state index is 13.4. The van der Waals surface area contributed by atoms with Crippen LogP contribution in [0.5, 0.6) is 0 Å². The van der Waals surface area contributed by atoms with E-state index in [-0.39, 0.29) is 11.7 Å². The molecule has 5 rings (SSSR count). The number of nitrogens with zero attached hydrogens (tertiary/aromatic N) is 3. The number of carbonyl (C=O) groups excluding carboxylic acids is 1. The van der Waals surface area contributed by atoms with Crippen LogP contribution in [0.25, 0.3) is 11.0 Å². The Kier molecular flexibility index (Phi) is 7.77. The number of imidazole rings is 1. The van der Waals surface area contributed by atoms with Crippen molar-refractivity contribution in [3.05, 3.63) is 123 Å². The number of carbonyl (C=O) groups is 1. The lowest BCUT2D eigenvalue weighted by molar-refractivity contribution is 0.0951. The third-order valence-electron chi connectivity index (χ3n) is 6.39. The van der Waals surface area contributed by atoms with Crippen LogP contribution >= 0.6 is 23.4 Å². The highest BCUT2D eigenvalue weighted by atomic mass is 35.5. The standard InChI is InChI=1S/C30H26ClFN4OS/c1-19-3-4-20(2)24(13-19)15-34-29(37)22-7-5-21(6-8-22)17-36-28-16-33-12-11-27(28)35-30(36)38-18-23-9-10-25(32)14-26(23)31/h3-14,16H,15,17-18H2,1-2H3,(H,34,37). The number of aryl methyl sites for hydroxylation is 2. The van der Waals surface area contributed by atoms with Crippen molar-refractivity contribution in [1.29, 1.82) is 0 Å². The van der Waals surface area contributed by atoms with Crippen molar-refractivity contribution in [2.45, 2.75) is 37.8 Å². The number of hydrogen-bond donors (Lipinski definition) is 1. The molecule has 0 aliphatic heterocycles. The van der Waals surface area contributed by atoms with Crippen molar-refractivity contribution in [1.82, 2.24) is 19.9 Å². The van der Waals surface area contributed by atoms with Gasteiger partial charge in [0.25, 0.3) is 5.91 Å². The van der Waals surface area contributed by atoms with Gasteiger partial charge in [0.05, 0.1) is 23.8 Å². The largest absolute Gasteiger partial charge is 0.348 e. The van der Waals surface area contributed by atoms with Crippen LogP contribution in [-0.4, -0.2) is 20.4 Å². The molecule has 0 aliphatic rings. The van der Waals surface area contributed by atoms with Gasteiger partial charge < -0.3 is 9.88 Å². The first-order chi connectivity index (χ1) is 18.4. The van der Waals surface area contributed by atoms with E-state index in [2.05, 4.69) is 33.1 Å². The number of thioether (sulfide) groups is 1. The van der Waals surface area contributed by atoms with E-state index in [1.807, 2.05) is 44.2 Å². The summed E-state index contributed by atoms with van der Waals surface area (Å²) in [5.41, 5.74) is 7.67. The van der Waals surface area contributed by atoms with Crippen LogP contribution in [0.1, 0.15) is 38.2 Å². The Labute approximate surface area is 230 Å². The van der Waals surface area contributed by atoms with Gasteiger partial charge in [0.1, 0.15) is 5.82 Å². The molecule has 5 nitrogen and oxygen atoms in total. The van der Waals surface area contributed by atoms with E-state index >= 15 is 0 Å². The molecule has 1 amide bonds. The Bertz CT molecular complexity index is 1620. The molecule has 0 saturated heterocycles. The second-order valence-corrected chi connectivity index (χ2v) is 10.5. The summed E-state index contributed by atoms with van der Waals surface area (Å²) in [5, 5.41) is 4.23. The highest BCUT2D eigenvalue weighted by molar-refractivity contribution is 7.98. The van der Waals surface area contributed by atoms with Crippen molar-refractivity contribution in [2.24, 2.45) is 0 Å². The minimum Gasteiger partial charge on any atom is -0.348 e. The van der Waals surface area contributed by atoms with Gasteiger partial charge in [-0.1, -0.05) is 65.3 Å². The lowest BCUT2D eigenvalue weighted by Gasteiger charge is -2.11. The molecule has 0 fully saturated rings. The van der Waals surface area contributed by atoms with Crippen LogP contribution in [0.2, 0.25) is 5.02 Å². The van der Waals surface area contributed by atoms with Crippen LogP contribution in [0.4, 0.5) is 4.39 Å². The predicted octanol–water partition coefficient (Wildman–Crippen LogP) is 7.11. The van der Waals surface area contributed by atoms with Gasteiger partial charge >= 0.3 is 0 Å². The lowest BCUT2D eigenvalue weighted by Crippen LogP contribution is -2.23. The zero-order valence-corrected chi connectivity index (χ0v) is 22.6. The third kappa shape index (κ3) is 5.90. The molecule has 2 aromatic heterocycles. The van der Waals surface area contributed by atoms with Crippen LogP contribution in [0.15, 0.2) is 84.3 Å². The van der Waals surface area contributed by atoms with Crippen LogP contribution < -0.4 is 5.32 Å². The molecule has 0 spiro atoms. The number of amides is 1. The summed E-state index contributed by atoms with van der Waals surface area (Å²) in [7, 11) is 0. The minimum absolute atomic E-state index is 0.109. The normalized spacial score (nSPS) is 11.2. The van der Waals surface area contributed by atoms with E-state index in [0.29, 0.717) is 29.4 Å². The lowest BCUT2D eigenvalue weighted by atomic mass is 10.1. The van der Waals surface area contributed by atoms with Crippen LogP contribution in [0, 0.1) is 19.7 Å². The Morgan fingerprint density at radius 2 is 1.84 bits per heavy atom. The van der Waals surface area contributed by atoms with E-state index < -0.39 is 0 Å². The van der Waals surface area contributed by atoms with Crippen molar-refractivity contribution in [2.75, 3.05) is 0 Å². The van der Waals surface area contributed by atoms with Crippen molar-refractivity contribution in [3.8, 4) is 0 Å². The average Bonchev–Trinajstić information content (AvgIpc) is 3.26. The molecule has 0 unspecified atom stereocenters. The quantitative estimate of drug-likeness (QED) is 0.211. The average molecular weight is 545 g/mol. The number of halogens is 2. The summed E-state index contributed by atoms with van der Waals surface area (Å²) >= 11 is 7.77. The van der Waals surface area contributed by atoms with Gasteiger partial charge in [-0.15, -0.1) is 0 Å². The van der Waals surface area contributed by atoms with Gasteiger partial charge in [0, 0.05) is 29.1 Å². The molecule has 38 heavy (non-hydrogen) atoms. The number of hydrogen-bond acceptors (Lipinski definition) is 4. The highest BCUT2D eigenvalue weighted by Crippen LogP contribution is 2.30. The molecule has 5 aromatic rings. The molecule has 2 heterocycles. The molecule has 0 aliphatic carbocycles. The highest BCUT2D eigenvalue weighted by Gasteiger charge is 2.14. The number of nitrogens with one attached hydrogen (secondary N) is 1. The number of rotatable bonds is 8. The number of benzene rings is 3. The second kappa shape index (κ2) is 11.4. The third-order valence-corrected chi connectivity index (χ3v) is 7.77. The molecular weight excluding hydrogens is 519 g/mol. The molecule has 0 radical (unpaired) electrons. The van der Waals surface area contributed by atoms with Crippen molar-refractivity contribution in [3.63, 3.8) is 0 Å². The first kappa shape index (κ1) is 25.9. The molecule has 3 aromatic carbocycles. The van der Waals surface area contributed by atoms with E-state index in [9.17, 15) is 9.18 Å². The van der Waals surface area contributed by atoms with E-state index in [1.54, 1.807) is 18.5 Å². The fourth-order valence-corrected chi connectivity index (χ4v) is 5.54. The Morgan fingerprint density at radius 3 is 2.63 bits per heavy atom. The van der Waals surface area contributed by atoms with Gasteiger partial charge in [-0.2, -0.15) is 0 Å². The fraction of sp³-hybridized carbons (Fsp3) is 0.167. The first-order valence-corrected chi connectivity index (χ1v) is 13.5. The number of aromatic nitrogens is 3. The molecule has 8 heteroatoms. The van der Waals surface area contributed by atoms with E-state index in [0.717, 1.165) is 38.4 Å². The number of pyridine rings is 1. The van der Waals surface area contributed by atoms with Gasteiger partial charge in [0.2, 0.25) is 0 Å². The first-order valence-electron chi connectivity index (χ1n) is 12.2. The van der Waals surface area contributed by atoms with Gasteiger partial charge in [-0.3, -0.25) is 9.78 Å². The molecule has 0 bridgehead atoms. The predicted molar refractivity (Wildman–Crippen MR) is 151 cm³/mol. The second-order valence-electron chi connectivity index (χ2n) is 9.18. The van der Waals surface area contributed by atoms with E-state index in [4.69, 9.17) is 16.6 Å². The maximum Gasteiger partial charge on any atom is 0.251 e. The molecule has 192 valence electrons. The molecular formula is C30H26ClFN4OS. The SMILES string of the molecule is Cc1ccc(C)c(CNC(=O)c2ccc(Cn3c(SCc4ccc(F)cc4Cl)nc4ccncc43)cc2)c1.